The minimum atomic E-state index is -3.98. The molecule has 0 amide bonds. The van der Waals surface area contributed by atoms with Crippen molar-refractivity contribution in [2.45, 2.75) is 62.0 Å². The Balaban J connectivity index is 3.32. The van der Waals surface area contributed by atoms with E-state index in [-0.39, 0.29) is 10.3 Å². The third-order valence-corrected chi connectivity index (χ3v) is 3.36. The van der Waals surface area contributed by atoms with Crippen molar-refractivity contribution in [1.29, 1.82) is 0 Å². The molecule has 0 aromatic carbocycles. The highest BCUT2D eigenvalue weighted by atomic mass is 127. The van der Waals surface area contributed by atoms with Crippen molar-refractivity contribution < 1.29 is 13.2 Å². The Kier molecular flexibility index (Phi) is 8.05. The maximum Gasteiger partial charge on any atom is 0.389 e. The van der Waals surface area contributed by atoms with E-state index in [1.807, 2.05) is 0 Å². The van der Waals surface area contributed by atoms with Crippen LogP contribution in [0.2, 0.25) is 0 Å². The normalized spacial score (nSPS) is 14.4. The second-order valence-corrected chi connectivity index (χ2v) is 5.36. The van der Waals surface area contributed by atoms with Crippen LogP contribution in [-0.2, 0) is 0 Å². The fourth-order valence-electron chi connectivity index (χ4n) is 1.26. The standard InChI is InChI=1S/C10H18F3I/c1-2-3-4-5-6-9(14)7-8-10(11,12)13/h9H,2-8H2,1H3. The van der Waals surface area contributed by atoms with Gasteiger partial charge in [-0.15, -0.1) is 0 Å². The van der Waals surface area contributed by atoms with Crippen LogP contribution in [0.25, 0.3) is 0 Å². The first kappa shape index (κ1) is 14.5. The molecule has 0 spiro atoms. The van der Waals surface area contributed by atoms with E-state index in [9.17, 15) is 13.2 Å². The van der Waals surface area contributed by atoms with E-state index in [0.717, 1.165) is 19.3 Å². The molecule has 0 aromatic heterocycles. The fourth-order valence-corrected chi connectivity index (χ4v) is 2.01. The Morgan fingerprint density at radius 1 is 1.07 bits per heavy atom. The average molecular weight is 322 g/mol. The van der Waals surface area contributed by atoms with Gasteiger partial charge in [-0.3, -0.25) is 0 Å². The van der Waals surface area contributed by atoms with E-state index in [0.29, 0.717) is 0 Å². The Morgan fingerprint density at radius 2 is 1.71 bits per heavy atom. The van der Waals surface area contributed by atoms with Crippen molar-refractivity contribution in [2.24, 2.45) is 0 Å². The number of hydrogen-bond donors (Lipinski definition) is 0. The molecule has 0 aliphatic heterocycles. The van der Waals surface area contributed by atoms with Crippen LogP contribution >= 0.6 is 22.6 Å². The average Bonchev–Trinajstić information content (AvgIpc) is 2.08. The first-order valence-electron chi connectivity index (χ1n) is 5.16. The predicted molar refractivity (Wildman–Crippen MR) is 61.9 cm³/mol. The molecule has 4 heteroatoms. The lowest BCUT2D eigenvalue weighted by Gasteiger charge is -2.11. The first-order valence-corrected chi connectivity index (χ1v) is 6.41. The van der Waals surface area contributed by atoms with E-state index in [1.54, 1.807) is 0 Å². The number of unbranched alkanes of at least 4 members (excludes halogenated alkanes) is 3. The van der Waals surface area contributed by atoms with Crippen molar-refractivity contribution in [3.8, 4) is 0 Å². The maximum absolute atomic E-state index is 11.9. The molecule has 0 aliphatic rings. The molecule has 0 nitrogen and oxygen atoms in total. The molecule has 1 unspecified atom stereocenters. The van der Waals surface area contributed by atoms with Gasteiger partial charge in [0.2, 0.25) is 0 Å². The molecule has 14 heavy (non-hydrogen) atoms. The Labute approximate surface area is 97.8 Å². The van der Waals surface area contributed by atoms with Gasteiger partial charge in [0, 0.05) is 10.3 Å². The molecular formula is C10H18F3I. The summed E-state index contributed by atoms with van der Waals surface area (Å²) in [6, 6.07) is 0. The molecule has 0 rings (SSSR count). The summed E-state index contributed by atoms with van der Waals surface area (Å²) in [7, 11) is 0. The van der Waals surface area contributed by atoms with E-state index in [1.165, 1.54) is 12.8 Å². The first-order chi connectivity index (χ1) is 6.45. The SMILES string of the molecule is CCCCCCC(I)CCC(F)(F)F. The van der Waals surface area contributed by atoms with Gasteiger partial charge >= 0.3 is 6.18 Å². The second kappa shape index (κ2) is 7.77. The van der Waals surface area contributed by atoms with Crippen LogP contribution in [0.3, 0.4) is 0 Å². The topological polar surface area (TPSA) is 0 Å². The Hall–Kier alpha value is 0.520. The van der Waals surface area contributed by atoms with E-state index < -0.39 is 12.6 Å². The zero-order valence-corrected chi connectivity index (χ0v) is 10.7. The van der Waals surface area contributed by atoms with Gasteiger partial charge in [-0.2, -0.15) is 13.2 Å². The molecular weight excluding hydrogens is 304 g/mol. The quantitative estimate of drug-likeness (QED) is 0.347. The minimum Gasteiger partial charge on any atom is -0.171 e. The zero-order chi connectivity index (χ0) is 11.0. The third-order valence-electron chi connectivity index (χ3n) is 2.11. The molecule has 86 valence electrons. The zero-order valence-electron chi connectivity index (χ0n) is 8.54. The third kappa shape index (κ3) is 10.6. The smallest absolute Gasteiger partial charge is 0.171 e. The van der Waals surface area contributed by atoms with Crippen LogP contribution in [0, 0.1) is 0 Å². The van der Waals surface area contributed by atoms with Crippen molar-refractivity contribution in [3.63, 3.8) is 0 Å². The highest BCUT2D eigenvalue weighted by molar-refractivity contribution is 14.1. The van der Waals surface area contributed by atoms with Crippen molar-refractivity contribution in [2.75, 3.05) is 0 Å². The summed E-state index contributed by atoms with van der Waals surface area (Å²) in [5.41, 5.74) is 0. The largest absolute Gasteiger partial charge is 0.389 e. The van der Waals surface area contributed by atoms with Crippen LogP contribution in [-0.4, -0.2) is 10.1 Å². The van der Waals surface area contributed by atoms with Crippen molar-refractivity contribution >= 4 is 22.6 Å². The van der Waals surface area contributed by atoms with Gasteiger partial charge in [0.1, 0.15) is 0 Å². The minimum absolute atomic E-state index is 0.186. The molecule has 0 heterocycles. The lowest BCUT2D eigenvalue weighted by atomic mass is 10.1. The van der Waals surface area contributed by atoms with Crippen LogP contribution in [0.1, 0.15) is 51.9 Å². The number of alkyl halides is 4. The summed E-state index contributed by atoms with van der Waals surface area (Å²) in [6.07, 6.45) is 1.19. The highest BCUT2D eigenvalue weighted by Crippen LogP contribution is 2.26. The molecule has 0 bridgehead atoms. The molecule has 0 N–H and O–H groups in total. The summed E-state index contributed by atoms with van der Waals surface area (Å²) in [4.78, 5) is 0. The Morgan fingerprint density at radius 3 is 2.21 bits per heavy atom. The Bertz CT molecular complexity index is 134. The van der Waals surface area contributed by atoms with Gasteiger partial charge in [0.05, 0.1) is 0 Å². The van der Waals surface area contributed by atoms with Crippen LogP contribution in [0.5, 0.6) is 0 Å². The molecule has 0 saturated heterocycles. The summed E-state index contributed by atoms with van der Waals surface area (Å²) < 4.78 is 35.8. The van der Waals surface area contributed by atoms with Crippen LogP contribution in [0.15, 0.2) is 0 Å². The van der Waals surface area contributed by atoms with Gasteiger partial charge in [0.15, 0.2) is 0 Å². The number of halogens is 4. The predicted octanol–water partition coefficient (Wildman–Crippen LogP) is 5.10. The fraction of sp³-hybridized carbons (Fsp3) is 1.00. The van der Waals surface area contributed by atoms with E-state index in [4.69, 9.17) is 0 Å². The molecule has 0 aliphatic carbocycles. The van der Waals surface area contributed by atoms with Gasteiger partial charge in [-0.25, -0.2) is 0 Å². The van der Waals surface area contributed by atoms with E-state index in [2.05, 4.69) is 29.5 Å². The lowest BCUT2D eigenvalue weighted by molar-refractivity contribution is -0.135. The molecule has 0 saturated carbocycles. The van der Waals surface area contributed by atoms with E-state index >= 15 is 0 Å². The molecule has 0 aromatic rings. The van der Waals surface area contributed by atoms with Crippen LogP contribution < -0.4 is 0 Å². The summed E-state index contributed by atoms with van der Waals surface area (Å²) in [6.45, 7) is 2.13. The summed E-state index contributed by atoms with van der Waals surface area (Å²) in [5.74, 6) is 0. The highest BCUT2D eigenvalue weighted by Gasteiger charge is 2.27. The van der Waals surface area contributed by atoms with Crippen molar-refractivity contribution in [3.05, 3.63) is 0 Å². The maximum atomic E-state index is 11.9. The van der Waals surface area contributed by atoms with Gasteiger partial charge in [-0.05, 0) is 12.8 Å². The molecule has 1 atom stereocenters. The van der Waals surface area contributed by atoms with Crippen molar-refractivity contribution in [1.82, 2.24) is 0 Å². The monoisotopic (exact) mass is 322 g/mol. The summed E-state index contributed by atoms with van der Waals surface area (Å²) in [5, 5.41) is 0. The summed E-state index contributed by atoms with van der Waals surface area (Å²) >= 11 is 2.13. The molecule has 0 radical (unpaired) electrons. The lowest BCUT2D eigenvalue weighted by Crippen LogP contribution is -2.10. The second-order valence-electron chi connectivity index (χ2n) is 3.60. The number of hydrogen-bond acceptors (Lipinski definition) is 0. The number of rotatable bonds is 7. The van der Waals surface area contributed by atoms with Gasteiger partial charge < -0.3 is 0 Å². The molecule has 0 fully saturated rings. The van der Waals surface area contributed by atoms with Crippen LogP contribution in [0.4, 0.5) is 13.2 Å². The van der Waals surface area contributed by atoms with Gasteiger partial charge in [-0.1, -0.05) is 55.2 Å². The van der Waals surface area contributed by atoms with Gasteiger partial charge in [0.25, 0.3) is 0 Å².